The van der Waals surface area contributed by atoms with E-state index < -0.39 is 5.54 Å². The number of carbonyl (C=O) groups excluding carboxylic acids is 1. The van der Waals surface area contributed by atoms with E-state index in [1.54, 1.807) is 12.1 Å². The molecule has 4 rings (SSSR count). The number of carbonyl (C=O) groups is 1. The van der Waals surface area contributed by atoms with Crippen LogP contribution in [0.15, 0.2) is 29.4 Å². The van der Waals surface area contributed by atoms with Gasteiger partial charge in [-0.2, -0.15) is 5.26 Å². The average Bonchev–Trinajstić information content (AvgIpc) is 3.12. The summed E-state index contributed by atoms with van der Waals surface area (Å²) in [4.78, 5) is 15.1. The number of nitrogens with one attached hydrogen (secondary N) is 1. The van der Waals surface area contributed by atoms with Crippen molar-refractivity contribution in [2.45, 2.75) is 55.8 Å². The summed E-state index contributed by atoms with van der Waals surface area (Å²) in [6, 6.07) is 8.56. The van der Waals surface area contributed by atoms with Crippen LogP contribution in [0.5, 0.6) is 0 Å². The molecule has 1 N–H and O–H groups in total. The first-order chi connectivity index (χ1) is 16.6. The van der Waals surface area contributed by atoms with Gasteiger partial charge in [-0.15, -0.1) is 10.2 Å². The van der Waals surface area contributed by atoms with Crippen LogP contribution >= 0.6 is 11.8 Å². The summed E-state index contributed by atoms with van der Waals surface area (Å²) in [5.41, 5.74) is 0.00584. The van der Waals surface area contributed by atoms with Crippen LogP contribution < -0.4 is 5.32 Å². The summed E-state index contributed by atoms with van der Waals surface area (Å²) in [5.74, 6) is 0.329. The summed E-state index contributed by atoms with van der Waals surface area (Å²) in [5, 5.41) is 22.1. The second-order valence-corrected chi connectivity index (χ2v) is 9.81. The zero-order chi connectivity index (χ0) is 23.8. The third-order valence-electron chi connectivity index (χ3n) is 6.44. The molecule has 1 saturated carbocycles. The van der Waals surface area contributed by atoms with Crippen molar-refractivity contribution in [3.8, 4) is 17.5 Å². The van der Waals surface area contributed by atoms with Crippen LogP contribution in [0.1, 0.15) is 38.5 Å². The van der Waals surface area contributed by atoms with Gasteiger partial charge in [-0.05, 0) is 37.1 Å². The molecule has 1 aliphatic carbocycles. The minimum absolute atomic E-state index is 0.155. The van der Waals surface area contributed by atoms with E-state index in [9.17, 15) is 14.4 Å². The molecule has 2 aliphatic rings. The molecule has 1 amide bonds. The number of ether oxygens (including phenoxy) is 1. The van der Waals surface area contributed by atoms with Crippen molar-refractivity contribution in [1.29, 1.82) is 5.26 Å². The smallest absolute Gasteiger partial charge is 0.231 e. The number of benzene rings is 1. The van der Waals surface area contributed by atoms with E-state index in [1.807, 2.05) is 4.57 Å². The number of morpholine rings is 1. The van der Waals surface area contributed by atoms with E-state index >= 15 is 0 Å². The fourth-order valence-corrected chi connectivity index (χ4v) is 5.27. The zero-order valence-corrected chi connectivity index (χ0v) is 20.2. The molecule has 34 heavy (non-hydrogen) atoms. The predicted octanol–water partition coefficient (Wildman–Crippen LogP) is 3.24. The fraction of sp³-hybridized carbons (Fsp3) is 0.583. The highest BCUT2D eigenvalue weighted by Crippen LogP contribution is 2.28. The molecule has 1 aliphatic heterocycles. The zero-order valence-electron chi connectivity index (χ0n) is 19.3. The van der Waals surface area contributed by atoms with Crippen LogP contribution in [0.4, 0.5) is 4.39 Å². The average molecular weight is 487 g/mol. The maximum atomic E-state index is 13.5. The molecule has 0 spiro atoms. The Labute approximate surface area is 203 Å². The highest BCUT2D eigenvalue weighted by Gasteiger charge is 2.32. The second kappa shape index (κ2) is 11.8. The minimum atomic E-state index is -0.766. The second-order valence-electron chi connectivity index (χ2n) is 8.86. The first-order valence-electron chi connectivity index (χ1n) is 11.9. The van der Waals surface area contributed by atoms with Crippen LogP contribution in [0.25, 0.3) is 11.4 Å². The van der Waals surface area contributed by atoms with Crippen molar-refractivity contribution >= 4 is 17.7 Å². The molecule has 10 heteroatoms. The first kappa shape index (κ1) is 24.6. The normalized spacial score (nSPS) is 18.7. The van der Waals surface area contributed by atoms with Gasteiger partial charge in [0.25, 0.3) is 0 Å². The van der Waals surface area contributed by atoms with Crippen molar-refractivity contribution in [2.75, 3.05) is 38.6 Å². The summed E-state index contributed by atoms with van der Waals surface area (Å²) in [6.07, 6.45) is 5.52. The highest BCUT2D eigenvalue weighted by atomic mass is 32.2. The number of hydrogen-bond donors (Lipinski definition) is 1. The molecule has 0 radical (unpaired) electrons. The molecule has 182 valence electrons. The van der Waals surface area contributed by atoms with Gasteiger partial charge in [0.1, 0.15) is 11.4 Å². The topological polar surface area (TPSA) is 96.1 Å². The Bertz CT molecular complexity index is 992. The molecule has 1 saturated heterocycles. The predicted molar refractivity (Wildman–Crippen MR) is 128 cm³/mol. The van der Waals surface area contributed by atoms with Crippen molar-refractivity contribution < 1.29 is 13.9 Å². The molecule has 0 unspecified atom stereocenters. The molecule has 0 bridgehead atoms. The van der Waals surface area contributed by atoms with Crippen LogP contribution in [0.3, 0.4) is 0 Å². The molecule has 2 aromatic rings. The minimum Gasteiger partial charge on any atom is -0.379 e. The van der Waals surface area contributed by atoms with Gasteiger partial charge < -0.3 is 14.6 Å². The number of rotatable bonds is 8. The van der Waals surface area contributed by atoms with Gasteiger partial charge in [-0.1, -0.05) is 37.4 Å². The Kier molecular flexibility index (Phi) is 8.53. The van der Waals surface area contributed by atoms with E-state index in [2.05, 4.69) is 26.5 Å². The molecule has 2 heterocycles. The number of thioether (sulfide) groups is 1. The SMILES string of the molecule is N#CC1(NC(=O)CSc2nnc(-c3ccc(F)cc3)n2CCN2CCOCC2)CCCCCC1. The van der Waals surface area contributed by atoms with Gasteiger partial charge in [0.15, 0.2) is 11.0 Å². The van der Waals surface area contributed by atoms with Crippen molar-refractivity contribution in [3.63, 3.8) is 0 Å². The lowest BCUT2D eigenvalue weighted by molar-refractivity contribution is -0.120. The van der Waals surface area contributed by atoms with Crippen LogP contribution in [0, 0.1) is 17.1 Å². The quantitative estimate of drug-likeness (QED) is 0.452. The molecule has 0 atom stereocenters. The number of halogens is 1. The number of nitriles is 1. The molecule has 1 aromatic heterocycles. The van der Waals surface area contributed by atoms with Crippen LogP contribution in [-0.2, 0) is 16.1 Å². The van der Waals surface area contributed by atoms with Gasteiger partial charge >= 0.3 is 0 Å². The molecular formula is C24H31FN6O2S. The van der Waals surface area contributed by atoms with E-state index in [0.29, 0.717) is 30.4 Å². The number of amides is 1. The van der Waals surface area contributed by atoms with E-state index in [1.165, 1.54) is 23.9 Å². The Balaban J connectivity index is 1.46. The lowest BCUT2D eigenvalue weighted by Gasteiger charge is -2.27. The Morgan fingerprint density at radius 2 is 1.82 bits per heavy atom. The molecular weight excluding hydrogens is 455 g/mol. The van der Waals surface area contributed by atoms with Gasteiger partial charge in [-0.25, -0.2) is 4.39 Å². The summed E-state index contributed by atoms with van der Waals surface area (Å²) < 4.78 is 20.9. The van der Waals surface area contributed by atoms with Crippen molar-refractivity contribution in [3.05, 3.63) is 30.1 Å². The van der Waals surface area contributed by atoms with Crippen LogP contribution in [0.2, 0.25) is 0 Å². The van der Waals surface area contributed by atoms with Gasteiger partial charge in [0.05, 0.1) is 25.0 Å². The van der Waals surface area contributed by atoms with Gasteiger partial charge in [0, 0.05) is 31.7 Å². The maximum Gasteiger partial charge on any atom is 0.231 e. The molecule has 1 aromatic carbocycles. The first-order valence-corrected chi connectivity index (χ1v) is 12.9. The number of aromatic nitrogens is 3. The Hall–Kier alpha value is -2.48. The molecule has 8 nitrogen and oxygen atoms in total. The largest absolute Gasteiger partial charge is 0.379 e. The number of hydrogen-bond acceptors (Lipinski definition) is 7. The van der Waals surface area contributed by atoms with E-state index in [0.717, 1.165) is 64.1 Å². The third kappa shape index (κ3) is 6.34. The van der Waals surface area contributed by atoms with Gasteiger partial charge in [-0.3, -0.25) is 9.69 Å². The van der Waals surface area contributed by atoms with E-state index in [-0.39, 0.29) is 17.5 Å². The van der Waals surface area contributed by atoms with E-state index in [4.69, 9.17) is 4.74 Å². The fourth-order valence-electron chi connectivity index (χ4n) is 4.51. The van der Waals surface area contributed by atoms with Crippen molar-refractivity contribution in [1.82, 2.24) is 25.0 Å². The maximum absolute atomic E-state index is 13.5. The number of nitrogens with zero attached hydrogens (tertiary/aromatic N) is 5. The van der Waals surface area contributed by atoms with Crippen LogP contribution in [-0.4, -0.2) is 69.7 Å². The van der Waals surface area contributed by atoms with Gasteiger partial charge in [0.2, 0.25) is 5.91 Å². The molecule has 2 fully saturated rings. The summed E-state index contributed by atoms with van der Waals surface area (Å²) >= 11 is 1.31. The lowest BCUT2D eigenvalue weighted by Crippen LogP contribution is -2.47. The lowest BCUT2D eigenvalue weighted by atomic mass is 9.92. The summed E-state index contributed by atoms with van der Waals surface area (Å²) in [7, 11) is 0. The summed E-state index contributed by atoms with van der Waals surface area (Å²) in [6.45, 7) is 4.62. The highest BCUT2D eigenvalue weighted by molar-refractivity contribution is 7.99. The standard InChI is InChI=1S/C24H31FN6O2S/c25-20-7-5-19(6-8-20)22-28-29-23(31(22)12-11-30-13-15-33-16-14-30)34-17-21(32)27-24(18-26)9-3-1-2-4-10-24/h5-8H,1-4,9-17H2,(H,27,32). The monoisotopic (exact) mass is 486 g/mol. The Morgan fingerprint density at radius 3 is 2.50 bits per heavy atom. The third-order valence-corrected chi connectivity index (χ3v) is 7.41. The van der Waals surface area contributed by atoms with Crippen molar-refractivity contribution in [2.24, 2.45) is 0 Å². The Morgan fingerprint density at radius 1 is 1.12 bits per heavy atom.